The molecule has 9 nitrogen and oxygen atoms in total. The highest BCUT2D eigenvalue weighted by Gasteiger charge is 2.17. The summed E-state index contributed by atoms with van der Waals surface area (Å²) in [5.74, 6) is 1.36. The highest BCUT2D eigenvalue weighted by Crippen LogP contribution is 2.30. The molecule has 1 atom stereocenters. The van der Waals surface area contributed by atoms with Crippen LogP contribution >= 0.6 is 0 Å². The third-order valence-corrected chi connectivity index (χ3v) is 5.04. The number of fused-ring (bicyclic) bond motifs is 1. The number of nitrogens with zero attached hydrogens (tertiary/aromatic N) is 3. The van der Waals surface area contributed by atoms with E-state index in [0.717, 1.165) is 22.2 Å². The normalized spacial score (nSPS) is 12.2. The molecule has 2 heterocycles. The van der Waals surface area contributed by atoms with E-state index in [9.17, 15) is 4.79 Å². The minimum Gasteiger partial charge on any atom is -0.444 e. The number of carbonyl (C=O) groups excluding carboxylic acids is 1. The second-order valence-corrected chi connectivity index (χ2v) is 8.98. The van der Waals surface area contributed by atoms with Crippen LogP contribution in [-0.2, 0) is 11.3 Å². The molecule has 0 aliphatic heterocycles. The number of aromatic amines is 1. The number of carbonyl (C=O) groups is 1. The maximum Gasteiger partial charge on any atom is 0.407 e. The summed E-state index contributed by atoms with van der Waals surface area (Å²) in [4.78, 5) is 20.7. The molecule has 4 N–H and O–H groups in total. The van der Waals surface area contributed by atoms with Crippen molar-refractivity contribution in [2.24, 2.45) is 0 Å². The number of hydrogen-bond donors (Lipinski definition) is 4. The number of alkyl carbamates (subject to hydrolysis) is 1. The van der Waals surface area contributed by atoms with Crippen molar-refractivity contribution in [2.45, 2.75) is 45.9 Å². The SMILES string of the molecule is C[C@H](Nc1ncnc2n[nH]c(Nc3cccc(CNC(=O)OC(C)(C)C)c3)c12)c1ccccc1. The summed E-state index contributed by atoms with van der Waals surface area (Å²) in [5, 5.41) is 17.7. The van der Waals surface area contributed by atoms with E-state index < -0.39 is 11.7 Å². The zero-order chi connectivity index (χ0) is 24.1. The van der Waals surface area contributed by atoms with Crippen LogP contribution in [0.1, 0.15) is 44.9 Å². The van der Waals surface area contributed by atoms with Crippen molar-refractivity contribution in [3.05, 3.63) is 72.1 Å². The van der Waals surface area contributed by atoms with Crippen molar-refractivity contribution in [3.63, 3.8) is 0 Å². The molecule has 0 radical (unpaired) electrons. The van der Waals surface area contributed by atoms with Gasteiger partial charge < -0.3 is 20.7 Å². The van der Waals surface area contributed by atoms with Gasteiger partial charge in [-0.15, -0.1) is 0 Å². The van der Waals surface area contributed by atoms with Crippen molar-refractivity contribution in [1.82, 2.24) is 25.5 Å². The first-order valence-corrected chi connectivity index (χ1v) is 11.1. The van der Waals surface area contributed by atoms with Gasteiger partial charge in [-0.25, -0.2) is 14.8 Å². The van der Waals surface area contributed by atoms with E-state index in [1.165, 1.54) is 6.33 Å². The summed E-state index contributed by atoms with van der Waals surface area (Å²) in [6, 6.07) is 17.9. The quantitative estimate of drug-likeness (QED) is 0.296. The maximum atomic E-state index is 12.0. The Morgan fingerprint density at radius 1 is 1.09 bits per heavy atom. The minimum absolute atomic E-state index is 0.0457. The second-order valence-electron chi connectivity index (χ2n) is 8.98. The van der Waals surface area contributed by atoms with Crippen LogP contribution in [0.2, 0.25) is 0 Å². The summed E-state index contributed by atoms with van der Waals surface area (Å²) in [7, 11) is 0. The van der Waals surface area contributed by atoms with Crippen LogP contribution < -0.4 is 16.0 Å². The van der Waals surface area contributed by atoms with Gasteiger partial charge in [0.05, 0.1) is 0 Å². The van der Waals surface area contributed by atoms with Gasteiger partial charge in [0.1, 0.15) is 29.0 Å². The first-order valence-electron chi connectivity index (χ1n) is 11.1. The van der Waals surface area contributed by atoms with Gasteiger partial charge in [-0.3, -0.25) is 5.10 Å². The number of aromatic nitrogens is 4. The summed E-state index contributed by atoms with van der Waals surface area (Å²) >= 11 is 0. The maximum absolute atomic E-state index is 12.0. The second kappa shape index (κ2) is 9.78. The molecule has 4 rings (SSSR count). The first kappa shape index (κ1) is 23.0. The zero-order valence-corrected chi connectivity index (χ0v) is 19.7. The molecule has 1 amide bonds. The van der Waals surface area contributed by atoms with Crippen LogP contribution in [0, 0.1) is 0 Å². The van der Waals surface area contributed by atoms with Crippen molar-refractivity contribution in [3.8, 4) is 0 Å². The van der Waals surface area contributed by atoms with Crippen molar-refractivity contribution in [2.75, 3.05) is 10.6 Å². The van der Waals surface area contributed by atoms with Crippen LogP contribution in [0.5, 0.6) is 0 Å². The molecule has 4 aromatic rings. The molecule has 34 heavy (non-hydrogen) atoms. The average Bonchev–Trinajstić information content (AvgIpc) is 3.21. The van der Waals surface area contributed by atoms with E-state index in [2.05, 4.69) is 55.2 Å². The number of nitrogens with one attached hydrogen (secondary N) is 4. The van der Waals surface area contributed by atoms with Crippen molar-refractivity contribution < 1.29 is 9.53 Å². The van der Waals surface area contributed by atoms with E-state index in [0.29, 0.717) is 23.8 Å². The Morgan fingerprint density at radius 3 is 2.65 bits per heavy atom. The predicted octanol–water partition coefficient (Wildman–Crippen LogP) is 5.29. The van der Waals surface area contributed by atoms with E-state index in [1.54, 1.807) is 0 Å². The molecule has 0 unspecified atom stereocenters. The van der Waals surface area contributed by atoms with E-state index in [4.69, 9.17) is 4.74 Å². The highest BCUT2D eigenvalue weighted by molar-refractivity contribution is 5.97. The van der Waals surface area contributed by atoms with Crippen LogP contribution in [0.4, 0.5) is 22.1 Å². The number of amides is 1. The fraction of sp³-hybridized carbons (Fsp3) is 0.280. The fourth-order valence-corrected chi connectivity index (χ4v) is 3.48. The van der Waals surface area contributed by atoms with Crippen LogP contribution in [0.25, 0.3) is 11.0 Å². The average molecular weight is 460 g/mol. The minimum atomic E-state index is -0.541. The number of hydrogen-bond acceptors (Lipinski definition) is 7. The standard InChI is InChI=1S/C25H29N7O2/c1-16(18-10-6-5-7-11-18)29-21-20-22(28-15-27-21)31-32-23(20)30-19-12-8-9-17(13-19)14-26-24(33)34-25(2,3)4/h5-13,15-16H,14H2,1-4H3,(H,26,33)(H3,27,28,29,30,31,32)/t16-/m0/s1. The Hall–Kier alpha value is -4.14. The van der Waals surface area contributed by atoms with Gasteiger partial charge in [-0.1, -0.05) is 42.5 Å². The molecule has 9 heteroatoms. The van der Waals surface area contributed by atoms with Gasteiger partial charge in [0, 0.05) is 18.3 Å². The molecule has 0 saturated heterocycles. The van der Waals surface area contributed by atoms with Gasteiger partial charge in [0.15, 0.2) is 5.65 Å². The summed E-state index contributed by atoms with van der Waals surface area (Å²) in [6.07, 6.45) is 1.04. The van der Waals surface area contributed by atoms with Gasteiger partial charge in [-0.05, 0) is 51.0 Å². The Kier molecular flexibility index (Phi) is 6.62. The van der Waals surface area contributed by atoms with Crippen LogP contribution in [-0.4, -0.2) is 31.9 Å². The summed E-state index contributed by atoms with van der Waals surface area (Å²) in [5.41, 5.74) is 2.92. The van der Waals surface area contributed by atoms with E-state index in [1.807, 2.05) is 63.2 Å². The molecular weight excluding hydrogens is 430 g/mol. The lowest BCUT2D eigenvalue weighted by atomic mass is 10.1. The molecule has 0 aliphatic rings. The van der Waals surface area contributed by atoms with Crippen LogP contribution in [0.15, 0.2) is 60.9 Å². The Morgan fingerprint density at radius 2 is 1.88 bits per heavy atom. The van der Waals surface area contributed by atoms with Crippen molar-refractivity contribution in [1.29, 1.82) is 0 Å². The first-order chi connectivity index (χ1) is 16.3. The molecule has 176 valence electrons. The lowest BCUT2D eigenvalue weighted by Gasteiger charge is -2.19. The molecule has 0 aliphatic carbocycles. The molecule has 0 spiro atoms. The predicted molar refractivity (Wildman–Crippen MR) is 133 cm³/mol. The largest absolute Gasteiger partial charge is 0.444 e. The van der Waals surface area contributed by atoms with E-state index >= 15 is 0 Å². The molecule has 0 fully saturated rings. The molecule has 2 aromatic heterocycles. The summed E-state index contributed by atoms with van der Waals surface area (Å²) < 4.78 is 5.30. The lowest BCUT2D eigenvalue weighted by Crippen LogP contribution is -2.32. The third-order valence-electron chi connectivity index (χ3n) is 5.04. The zero-order valence-electron chi connectivity index (χ0n) is 19.7. The van der Waals surface area contributed by atoms with Gasteiger partial charge in [0.2, 0.25) is 0 Å². The Labute approximate surface area is 198 Å². The molecule has 2 aromatic carbocycles. The third kappa shape index (κ3) is 5.80. The summed E-state index contributed by atoms with van der Waals surface area (Å²) in [6.45, 7) is 7.92. The molecule has 0 bridgehead atoms. The number of benzene rings is 2. The molecule has 0 saturated carbocycles. The van der Waals surface area contributed by atoms with Crippen LogP contribution in [0.3, 0.4) is 0 Å². The number of anilines is 3. The number of H-pyrrole nitrogens is 1. The number of ether oxygens (including phenoxy) is 1. The Balaban J connectivity index is 1.50. The molecular formula is C25H29N7O2. The smallest absolute Gasteiger partial charge is 0.407 e. The van der Waals surface area contributed by atoms with Crippen molar-refractivity contribution >= 4 is 34.4 Å². The van der Waals surface area contributed by atoms with Gasteiger partial charge in [-0.2, -0.15) is 5.10 Å². The van der Waals surface area contributed by atoms with Gasteiger partial charge in [0.25, 0.3) is 0 Å². The number of rotatable bonds is 7. The Bertz CT molecular complexity index is 1270. The van der Waals surface area contributed by atoms with E-state index in [-0.39, 0.29) is 6.04 Å². The highest BCUT2D eigenvalue weighted by atomic mass is 16.6. The fourth-order valence-electron chi connectivity index (χ4n) is 3.48. The lowest BCUT2D eigenvalue weighted by molar-refractivity contribution is 0.0523. The van der Waals surface area contributed by atoms with Gasteiger partial charge >= 0.3 is 6.09 Å². The monoisotopic (exact) mass is 459 g/mol. The topological polar surface area (TPSA) is 117 Å².